The van der Waals surface area contributed by atoms with Gasteiger partial charge in [0.1, 0.15) is 11.4 Å². The Balaban J connectivity index is 2.09. The number of rotatable bonds is 8. The number of alkyl carbamates (subject to hydrolysis) is 1. The number of nitrogens with zero attached hydrogens (tertiary/aromatic N) is 3. The number of nitrogens with one attached hydrogen (secondary N) is 1. The van der Waals surface area contributed by atoms with Gasteiger partial charge >= 0.3 is 6.09 Å². The highest BCUT2D eigenvalue weighted by molar-refractivity contribution is 7.89. The standard InChI is InChI=1S/C29H37FN4O5S/c1-19-26(20-10-9-11-23(16-20)40(37,38)33(7)8)24-17-21(27(35)32(5)6)12-13-25(24)34(19)18-22(30)14-15-31-28(36)39-29(2,3)4/h9-14,16-17H,15,18H2,1-8H3,(H,31,36)/b22-14-. The topological polar surface area (TPSA) is 101 Å². The van der Waals surface area contributed by atoms with Crippen LogP contribution < -0.4 is 5.32 Å². The number of carbonyl (C=O) groups is 2. The third kappa shape index (κ3) is 6.89. The lowest BCUT2D eigenvalue weighted by molar-refractivity contribution is 0.0533. The number of sulfonamides is 1. The summed E-state index contributed by atoms with van der Waals surface area (Å²) >= 11 is 0. The third-order valence-corrected chi connectivity index (χ3v) is 7.97. The van der Waals surface area contributed by atoms with E-state index < -0.39 is 27.5 Å². The molecule has 0 atom stereocenters. The molecule has 0 bridgehead atoms. The Morgan fingerprint density at radius 2 is 1.75 bits per heavy atom. The van der Waals surface area contributed by atoms with E-state index in [0.29, 0.717) is 33.3 Å². The normalized spacial score (nSPS) is 12.6. The zero-order valence-electron chi connectivity index (χ0n) is 24.2. The molecule has 2 amide bonds. The summed E-state index contributed by atoms with van der Waals surface area (Å²) in [7, 11) is 2.55. The SMILES string of the molecule is Cc1c(-c2cccc(S(=O)(=O)N(C)C)c2)c2cc(C(=O)N(C)C)ccc2n1C/C(F)=C/CNC(=O)OC(C)(C)C. The minimum Gasteiger partial charge on any atom is -0.444 e. The molecule has 0 fully saturated rings. The number of aromatic nitrogens is 1. The van der Waals surface area contributed by atoms with Crippen LogP contribution >= 0.6 is 0 Å². The molecule has 216 valence electrons. The monoisotopic (exact) mass is 572 g/mol. The molecule has 9 nitrogen and oxygen atoms in total. The van der Waals surface area contributed by atoms with Gasteiger partial charge in [0.25, 0.3) is 5.91 Å². The molecule has 0 aliphatic carbocycles. The zero-order valence-corrected chi connectivity index (χ0v) is 25.0. The molecule has 11 heteroatoms. The van der Waals surface area contributed by atoms with Crippen molar-refractivity contribution in [3.8, 4) is 11.1 Å². The molecule has 3 aromatic rings. The Morgan fingerprint density at radius 1 is 1.07 bits per heavy atom. The predicted molar refractivity (Wildman–Crippen MR) is 154 cm³/mol. The first-order valence-corrected chi connectivity index (χ1v) is 14.2. The molecule has 1 heterocycles. The fourth-order valence-electron chi connectivity index (χ4n) is 4.24. The lowest BCUT2D eigenvalue weighted by Gasteiger charge is -2.19. The largest absolute Gasteiger partial charge is 0.444 e. The van der Waals surface area contributed by atoms with Crippen molar-refractivity contribution in [1.82, 2.24) is 19.1 Å². The lowest BCUT2D eigenvalue weighted by atomic mass is 10.0. The summed E-state index contributed by atoms with van der Waals surface area (Å²) in [5.74, 6) is -0.679. The quantitative estimate of drug-likeness (QED) is 0.412. The number of amides is 2. The van der Waals surface area contributed by atoms with Crippen molar-refractivity contribution in [2.24, 2.45) is 0 Å². The van der Waals surface area contributed by atoms with Gasteiger partial charge in [-0.3, -0.25) is 4.79 Å². The Hall–Kier alpha value is -3.70. The fourth-order valence-corrected chi connectivity index (χ4v) is 5.19. The number of fused-ring (bicyclic) bond motifs is 1. The smallest absolute Gasteiger partial charge is 0.407 e. The molecule has 1 aromatic heterocycles. The predicted octanol–water partition coefficient (Wildman–Crippen LogP) is 4.95. The molecule has 0 unspecified atom stereocenters. The van der Waals surface area contributed by atoms with Gasteiger partial charge in [-0.25, -0.2) is 21.9 Å². The Bertz CT molecular complexity index is 1570. The molecule has 2 aromatic carbocycles. The van der Waals surface area contributed by atoms with Gasteiger partial charge < -0.3 is 19.5 Å². The molecule has 0 saturated carbocycles. The second-order valence-electron chi connectivity index (χ2n) is 10.8. The first-order valence-electron chi connectivity index (χ1n) is 12.7. The number of carbonyl (C=O) groups excluding carboxylic acids is 2. The number of allylic oxidation sites excluding steroid dienone is 1. The second kappa shape index (κ2) is 11.8. The first-order chi connectivity index (χ1) is 18.5. The van der Waals surface area contributed by atoms with Crippen LogP contribution in [0.4, 0.5) is 9.18 Å². The second-order valence-corrected chi connectivity index (χ2v) is 13.0. The lowest BCUT2D eigenvalue weighted by Crippen LogP contribution is -2.32. The zero-order chi connectivity index (χ0) is 30.0. The summed E-state index contributed by atoms with van der Waals surface area (Å²) in [6.45, 7) is 6.85. The Labute approximate surface area is 235 Å². The molecule has 1 N–H and O–H groups in total. The van der Waals surface area contributed by atoms with Crippen LogP contribution in [-0.2, 0) is 21.3 Å². The highest BCUT2D eigenvalue weighted by Gasteiger charge is 2.22. The molecule has 0 radical (unpaired) electrons. The van der Waals surface area contributed by atoms with Crippen molar-refractivity contribution >= 4 is 32.9 Å². The fraction of sp³-hybridized carbons (Fsp3) is 0.379. The van der Waals surface area contributed by atoms with Gasteiger partial charge in [-0.1, -0.05) is 12.1 Å². The summed E-state index contributed by atoms with van der Waals surface area (Å²) in [6, 6.07) is 11.7. The van der Waals surface area contributed by atoms with Crippen molar-refractivity contribution in [3.63, 3.8) is 0 Å². The number of ether oxygens (including phenoxy) is 1. The van der Waals surface area contributed by atoms with Gasteiger partial charge in [-0.05, 0) is 69.7 Å². The highest BCUT2D eigenvalue weighted by Crippen LogP contribution is 2.37. The molecule has 0 aliphatic rings. The summed E-state index contributed by atoms with van der Waals surface area (Å²) in [5.41, 5.74) is 2.46. The van der Waals surface area contributed by atoms with E-state index in [1.807, 2.05) is 6.92 Å². The number of hydrogen-bond acceptors (Lipinski definition) is 5. The van der Waals surface area contributed by atoms with Gasteiger partial charge in [0, 0.05) is 62.5 Å². The molecule has 40 heavy (non-hydrogen) atoms. The Kier molecular flexibility index (Phi) is 9.10. The molecular formula is C29H37FN4O5S. The summed E-state index contributed by atoms with van der Waals surface area (Å²) < 4.78 is 48.9. The minimum absolute atomic E-state index is 0.0578. The van der Waals surface area contributed by atoms with Gasteiger partial charge in [0.05, 0.1) is 11.4 Å². The summed E-state index contributed by atoms with van der Waals surface area (Å²) in [4.78, 5) is 26.2. The van der Waals surface area contributed by atoms with Crippen molar-refractivity contribution in [3.05, 3.63) is 65.6 Å². The van der Waals surface area contributed by atoms with Crippen LogP contribution in [-0.4, -0.2) is 74.5 Å². The van der Waals surface area contributed by atoms with E-state index in [1.54, 1.807) is 75.8 Å². The number of hydrogen-bond donors (Lipinski definition) is 1. The summed E-state index contributed by atoms with van der Waals surface area (Å²) in [6.07, 6.45) is 0.621. The van der Waals surface area contributed by atoms with E-state index in [2.05, 4.69) is 5.32 Å². The Morgan fingerprint density at radius 3 is 2.35 bits per heavy atom. The minimum atomic E-state index is -3.70. The van der Waals surface area contributed by atoms with Gasteiger partial charge in [-0.2, -0.15) is 0 Å². The van der Waals surface area contributed by atoms with Crippen molar-refractivity contribution in [2.75, 3.05) is 34.7 Å². The van der Waals surface area contributed by atoms with Gasteiger partial charge in [0.2, 0.25) is 10.0 Å². The van der Waals surface area contributed by atoms with E-state index in [-0.39, 0.29) is 23.9 Å². The highest BCUT2D eigenvalue weighted by atomic mass is 32.2. The van der Waals surface area contributed by atoms with E-state index in [4.69, 9.17) is 4.74 Å². The van der Waals surface area contributed by atoms with Crippen LogP contribution in [0.5, 0.6) is 0 Å². The van der Waals surface area contributed by atoms with Crippen LogP contribution in [0.15, 0.2) is 59.3 Å². The first kappa shape index (κ1) is 30.8. The molecule has 0 aliphatic heterocycles. The van der Waals surface area contributed by atoms with E-state index in [9.17, 15) is 18.0 Å². The van der Waals surface area contributed by atoms with Crippen molar-refractivity contribution < 1.29 is 27.1 Å². The van der Waals surface area contributed by atoms with E-state index >= 15 is 4.39 Å². The van der Waals surface area contributed by atoms with E-state index in [0.717, 1.165) is 4.31 Å². The molecule has 3 rings (SSSR count). The van der Waals surface area contributed by atoms with E-state index in [1.165, 1.54) is 31.1 Å². The molecule has 0 saturated heterocycles. The maximum Gasteiger partial charge on any atom is 0.407 e. The van der Waals surface area contributed by atoms with Gasteiger partial charge in [-0.15, -0.1) is 0 Å². The van der Waals surface area contributed by atoms with Crippen LogP contribution in [0.2, 0.25) is 0 Å². The van der Waals surface area contributed by atoms with Gasteiger partial charge in [0.15, 0.2) is 0 Å². The average Bonchev–Trinajstić information content (AvgIpc) is 3.12. The number of halogens is 1. The van der Waals surface area contributed by atoms with Crippen LogP contribution in [0, 0.1) is 6.92 Å². The maximum atomic E-state index is 15.1. The molecular weight excluding hydrogens is 535 g/mol. The molecule has 0 spiro atoms. The summed E-state index contributed by atoms with van der Waals surface area (Å²) in [5, 5.41) is 3.19. The van der Waals surface area contributed by atoms with Crippen molar-refractivity contribution in [2.45, 2.75) is 44.7 Å². The number of benzene rings is 2. The third-order valence-electron chi connectivity index (χ3n) is 6.16. The van der Waals surface area contributed by atoms with Crippen LogP contribution in [0.3, 0.4) is 0 Å². The average molecular weight is 573 g/mol. The van der Waals surface area contributed by atoms with Crippen molar-refractivity contribution in [1.29, 1.82) is 0 Å². The van der Waals surface area contributed by atoms with Crippen LogP contribution in [0.1, 0.15) is 36.8 Å². The maximum absolute atomic E-state index is 15.1. The van der Waals surface area contributed by atoms with Crippen LogP contribution in [0.25, 0.3) is 22.0 Å².